The molecule has 1 aliphatic rings. The molecule has 0 saturated heterocycles. The maximum Gasteiger partial charge on any atom is 0.0561 e. The van der Waals surface area contributed by atoms with Gasteiger partial charge in [-0.3, -0.25) is 0 Å². The van der Waals surface area contributed by atoms with E-state index in [1.54, 1.807) is 16.5 Å². The Labute approximate surface area is 98.3 Å². The summed E-state index contributed by atoms with van der Waals surface area (Å²) >= 11 is 0. The van der Waals surface area contributed by atoms with Crippen LogP contribution in [0.4, 0.5) is 0 Å². The zero-order valence-electron chi connectivity index (χ0n) is 10.3. The topological polar surface area (TPSA) is 0 Å². The van der Waals surface area contributed by atoms with Crippen LogP contribution < -0.4 is 0 Å². The Morgan fingerprint density at radius 1 is 0.938 bits per heavy atom. The second kappa shape index (κ2) is 3.20. The lowest BCUT2D eigenvalue weighted by molar-refractivity contribution is 1.18. The fourth-order valence-corrected chi connectivity index (χ4v) is 5.87. The van der Waals surface area contributed by atoms with Crippen LogP contribution in [0, 0.1) is 6.92 Å². The van der Waals surface area contributed by atoms with Gasteiger partial charge in [-0.15, -0.1) is 0 Å². The predicted octanol–water partition coefficient (Wildman–Crippen LogP) is 4.03. The van der Waals surface area contributed by atoms with Crippen molar-refractivity contribution >= 4 is 18.8 Å². The summed E-state index contributed by atoms with van der Waals surface area (Å²) in [7, 11) is -1.03. The molecule has 0 radical (unpaired) electrons. The smallest absolute Gasteiger partial charge is 0.0561 e. The molecule has 0 bridgehead atoms. The van der Waals surface area contributed by atoms with Crippen molar-refractivity contribution in [1.29, 1.82) is 0 Å². The van der Waals surface area contributed by atoms with Gasteiger partial charge in [-0.25, -0.2) is 0 Å². The van der Waals surface area contributed by atoms with Gasteiger partial charge < -0.3 is 0 Å². The zero-order chi connectivity index (χ0) is 11.3. The molecule has 0 fully saturated rings. The highest BCUT2D eigenvalue weighted by atomic mass is 28.3. The molecule has 0 saturated carbocycles. The average molecular weight is 226 g/mol. The van der Waals surface area contributed by atoms with Gasteiger partial charge in [0.2, 0.25) is 0 Å². The third-order valence-corrected chi connectivity index (χ3v) is 6.45. The van der Waals surface area contributed by atoms with Crippen molar-refractivity contribution in [3.05, 3.63) is 47.0 Å². The molecule has 1 heterocycles. The van der Waals surface area contributed by atoms with Crippen LogP contribution in [0.1, 0.15) is 16.7 Å². The number of benzene rings is 2. The second-order valence-corrected chi connectivity index (χ2v) is 10.9. The van der Waals surface area contributed by atoms with Gasteiger partial charge in [-0.2, -0.15) is 0 Å². The first-order chi connectivity index (χ1) is 7.57. The molecular weight excluding hydrogens is 208 g/mol. The Kier molecular flexibility index (Phi) is 2.02. The van der Waals surface area contributed by atoms with E-state index in [1.165, 1.54) is 23.0 Å². The van der Waals surface area contributed by atoms with E-state index < -0.39 is 8.07 Å². The molecule has 1 aliphatic heterocycles. The molecule has 0 unspecified atom stereocenters. The van der Waals surface area contributed by atoms with Gasteiger partial charge in [0.05, 0.1) is 8.07 Å². The van der Waals surface area contributed by atoms with E-state index in [4.69, 9.17) is 0 Å². The molecule has 0 spiro atoms. The first-order valence-electron chi connectivity index (χ1n) is 6.07. The lowest BCUT2D eigenvalue weighted by Crippen LogP contribution is -2.35. The fraction of sp³-hybridized carbons (Fsp3) is 0.333. The van der Waals surface area contributed by atoms with Gasteiger partial charge in [-0.05, 0) is 46.5 Å². The van der Waals surface area contributed by atoms with Crippen molar-refractivity contribution in [3.8, 4) is 0 Å². The van der Waals surface area contributed by atoms with Gasteiger partial charge >= 0.3 is 0 Å². The van der Waals surface area contributed by atoms with Crippen LogP contribution in [0.25, 0.3) is 10.8 Å². The van der Waals surface area contributed by atoms with Crippen molar-refractivity contribution < 1.29 is 0 Å². The van der Waals surface area contributed by atoms with Gasteiger partial charge in [-0.1, -0.05) is 43.4 Å². The first-order valence-corrected chi connectivity index (χ1v) is 9.48. The second-order valence-electron chi connectivity index (χ2n) is 5.90. The van der Waals surface area contributed by atoms with E-state index in [1.807, 2.05) is 0 Å². The van der Waals surface area contributed by atoms with Crippen LogP contribution in [-0.4, -0.2) is 8.07 Å². The Hall–Kier alpha value is -1.08. The van der Waals surface area contributed by atoms with Crippen LogP contribution in [0.5, 0.6) is 0 Å². The minimum Gasteiger partial charge on any atom is -0.0689 e. The minimum atomic E-state index is -1.03. The molecule has 0 nitrogen and oxygen atoms in total. The Bertz CT molecular complexity index is 553. The maximum absolute atomic E-state index is 2.51. The van der Waals surface area contributed by atoms with Crippen LogP contribution >= 0.6 is 0 Å². The molecular formula is C15H18Si. The quantitative estimate of drug-likeness (QED) is 0.595. The molecule has 0 N–H and O–H groups in total. The molecule has 0 atom stereocenters. The molecule has 2 aromatic carbocycles. The average Bonchev–Trinajstić information content (AvgIpc) is 2.21. The standard InChI is InChI=1S/C15H18Si/c1-11-7-8-13-10-16(2,3)9-12-5-4-6-14(11)15(12)13/h4-8H,9-10H2,1-3H3. The van der Waals surface area contributed by atoms with Gasteiger partial charge in [0.1, 0.15) is 0 Å². The third kappa shape index (κ3) is 1.42. The van der Waals surface area contributed by atoms with E-state index in [-0.39, 0.29) is 0 Å². The number of hydrogen-bond acceptors (Lipinski definition) is 0. The van der Waals surface area contributed by atoms with E-state index in [0.717, 1.165) is 0 Å². The van der Waals surface area contributed by atoms with Crippen molar-refractivity contribution in [2.24, 2.45) is 0 Å². The molecule has 0 aromatic heterocycles. The van der Waals surface area contributed by atoms with Gasteiger partial charge in [0, 0.05) is 0 Å². The van der Waals surface area contributed by atoms with Crippen LogP contribution in [0.3, 0.4) is 0 Å². The lowest BCUT2D eigenvalue weighted by Gasteiger charge is -2.30. The van der Waals surface area contributed by atoms with Gasteiger partial charge in [0.25, 0.3) is 0 Å². The summed E-state index contributed by atoms with van der Waals surface area (Å²) in [6, 6.07) is 14.2. The van der Waals surface area contributed by atoms with Crippen molar-refractivity contribution in [3.63, 3.8) is 0 Å². The molecule has 1 heteroatoms. The Morgan fingerprint density at radius 2 is 1.62 bits per heavy atom. The van der Waals surface area contributed by atoms with E-state index in [2.05, 4.69) is 50.3 Å². The van der Waals surface area contributed by atoms with E-state index in [0.29, 0.717) is 0 Å². The first kappa shape index (κ1) is 10.1. The minimum absolute atomic E-state index is 1.03. The monoisotopic (exact) mass is 226 g/mol. The molecule has 16 heavy (non-hydrogen) atoms. The Balaban J connectivity index is 2.39. The summed E-state index contributed by atoms with van der Waals surface area (Å²) in [5.41, 5.74) is 4.61. The van der Waals surface area contributed by atoms with Crippen molar-refractivity contribution in [1.82, 2.24) is 0 Å². The molecule has 0 amide bonds. The normalized spacial score (nSPS) is 17.7. The summed E-state index contributed by atoms with van der Waals surface area (Å²) in [6.45, 7) is 7.24. The predicted molar refractivity (Wildman–Crippen MR) is 73.6 cm³/mol. The molecule has 2 aromatic rings. The zero-order valence-corrected chi connectivity index (χ0v) is 11.3. The highest BCUT2D eigenvalue weighted by molar-refractivity contribution is 6.77. The largest absolute Gasteiger partial charge is 0.0689 e. The number of rotatable bonds is 0. The Morgan fingerprint density at radius 3 is 2.38 bits per heavy atom. The van der Waals surface area contributed by atoms with Crippen LogP contribution in [-0.2, 0) is 12.1 Å². The number of hydrogen-bond donors (Lipinski definition) is 0. The van der Waals surface area contributed by atoms with E-state index >= 15 is 0 Å². The lowest BCUT2D eigenvalue weighted by atomic mass is 9.97. The van der Waals surface area contributed by atoms with Crippen molar-refractivity contribution in [2.75, 3.05) is 0 Å². The van der Waals surface area contributed by atoms with Crippen LogP contribution in [0.15, 0.2) is 30.3 Å². The molecule has 82 valence electrons. The fourth-order valence-electron chi connectivity index (χ4n) is 3.09. The third-order valence-electron chi connectivity index (χ3n) is 3.77. The van der Waals surface area contributed by atoms with E-state index in [9.17, 15) is 0 Å². The highest BCUT2D eigenvalue weighted by Crippen LogP contribution is 2.34. The summed E-state index contributed by atoms with van der Waals surface area (Å²) < 4.78 is 0. The molecule has 3 rings (SSSR count). The summed E-state index contributed by atoms with van der Waals surface area (Å²) in [5.74, 6) is 0. The SMILES string of the molecule is Cc1ccc2c3c(cccc13)C[Si](C)(C)C2. The van der Waals surface area contributed by atoms with Gasteiger partial charge in [0.15, 0.2) is 0 Å². The summed E-state index contributed by atoms with van der Waals surface area (Å²) in [5, 5.41) is 3.04. The van der Waals surface area contributed by atoms with Crippen LogP contribution in [0.2, 0.25) is 13.1 Å². The maximum atomic E-state index is 2.51. The molecule has 0 aliphatic carbocycles. The van der Waals surface area contributed by atoms with Crippen molar-refractivity contribution in [2.45, 2.75) is 32.1 Å². The highest BCUT2D eigenvalue weighted by Gasteiger charge is 2.28. The summed E-state index contributed by atoms with van der Waals surface area (Å²) in [4.78, 5) is 0. The number of aryl methyl sites for hydroxylation is 1. The summed E-state index contributed by atoms with van der Waals surface area (Å²) in [6.07, 6.45) is 0.